The highest BCUT2D eigenvalue weighted by Gasteiger charge is 2.44. The first-order valence-electron chi connectivity index (χ1n) is 9.25. The summed E-state index contributed by atoms with van der Waals surface area (Å²) in [5, 5.41) is 19.4. The Labute approximate surface area is 169 Å². The monoisotopic (exact) mass is 375 g/mol. The van der Waals surface area contributed by atoms with Crippen LogP contribution in [0.4, 0.5) is 0 Å². The van der Waals surface area contributed by atoms with Gasteiger partial charge in [0.2, 0.25) is 0 Å². The van der Waals surface area contributed by atoms with E-state index in [9.17, 15) is 10.1 Å². The molecule has 0 saturated heterocycles. The van der Waals surface area contributed by atoms with Crippen LogP contribution in [0.2, 0.25) is 0 Å². The van der Waals surface area contributed by atoms with Crippen LogP contribution in [0.5, 0.6) is 0 Å². The van der Waals surface area contributed by atoms with Crippen LogP contribution in [0.1, 0.15) is 32.6 Å². The molecule has 1 aliphatic rings. The van der Waals surface area contributed by atoms with Gasteiger partial charge in [0.05, 0.1) is 17.7 Å². The summed E-state index contributed by atoms with van der Waals surface area (Å²) in [6.45, 7) is 0. The number of fused-ring (bicyclic) bond motifs is 1. The highest BCUT2D eigenvalue weighted by atomic mass is 16.2. The quantitative estimate of drug-likeness (QED) is 0.669. The van der Waals surface area contributed by atoms with Crippen molar-refractivity contribution in [2.45, 2.75) is 12.0 Å². The number of nitrogens with zero attached hydrogens (tertiary/aromatic N) is 3. The molecule has 4 rings (SSSR count). The van der Waals surface area contributed by atoms with Crippen molar-refractivity contribution in [1.82, 2.24) is 4.90 Å². The maximum Gasteiger partial charge on any atom is 0.259 e. The third-order valence-electron chi connectivity index (χ3n) is 5.19. The van der Waals surface area contributed by atoms with Gasteiger partial charge in [-0.2, -0.15) is 10.5 Å². The molecule has 4 nitrogen and oxygen atoms in total. The molecular weight excluding hydrogens is 358 g/mol. The Morgan fingerprint density at radius 1 is 0.897 bits per heavy atom. The molecule has 1 heterocycles. The predicted molar refractivity (Wildman–Crippen MR) is 110 cm³/mol. The Bertz CT molecular complexity index is 1170. The summed E-state index contributed by atoms with van der Waals surface area (Å²) in [5.41, 5.74) is 2.48. The minimum absolute atomic E-state index is 0.230. The van der Waals surface area contributed by atoms with Crippen LogP contribution < -0.4 is 0 Å². The SMILES string of the molecule is N#Cc1ccc(CC2(C#N)c3ccccc3C=CN2C(=O)c2ccccc2)cc1. The maximum absolute atomic E-state index is 13.4. The van der Waals surface area contributed by atoms with Gasteiger partial charge in [-0.25, -0.2) is 0 Å². The average molecular weight is 375 g/mol. The van der Waals surface area contributed by atoms with E-state index < -0.39 is 5.54 Å². The topological polar surface area (TPSA) is 67.9 Å². The summed E-state index contributed by atoms with van der Waals surface area (Å²) >= 11 is 0. The van der Waals surface area contributed by atoms with Gasteiger partial charge in [-0.15, -0.1) is 0 Å². The number of hydrogen-bond acceptors (Lipinski definition) is 3. The highest BCUT2D eigenvalue weighted by Crippen LogP contribution is 2.39. The third kappa shape index (κ3) is 3.18. The highest BCUT2D eigenvalue weighted by molar-refractivity contribution is 5.96. The Balaban J connectivity index is 1.84. The van der Waals surface area contributed by atoms with Gasteiger partial charge in [0.15, 0.2) is 5.54 Å². The first-order valence-corrected chi connectivity index (χ1v) is 9.25. The molecule has 0 N–H and O–H groups in total. The van der Waals surface area contributed by atoms with Gasteiger partial charge < -0.3 is 0 Å². The number of benzene rings is 3. The molecule has 29 heavy (non-hydrogen) atoms. The van der Waals surface area contributed by atoms with Crippen LogP contribution in [0, 0.1) is 22.7 Å². The summed E-state index contributed by atoms with van der Waals surface area (Å²) in [4.78, 5) is 14.9. The fourth-order valence-corrected chi connectivity index (χ4v) is 3.72. The molecule has 1 aliphatic heterocycles. The number of hydrogen-bond donors (Lipinski definition) is 0. The van der Waals surface area contributed by atoms with Crippen LogP contribution in [-0.2, 0) is 12.0 Å². The first kappa shape index (κ1) is 18.2. The van der Waals surface area contributed by atoms with E-state index in [0.717, 1.165) is 16.7 Å². The third-order valence-corrected chi connectivity index (χ3v) is 5.19. The molecule has 0 saturated carbocycles. The molecule has 0 radical (unpaired) electrons. The second kappa shape index (κ2) is 7.46. The zero-order valence-electron chi connectivity index (χ0n) is 15.6. The van der Waals surface area contributed by atoms with Gasteiger partial charge >= 0.3 is 0 Å². The van der Waals surface area contributed by atoms with Gasteiger partial charge in [-0.3, -0.25) is 9.69 Å². The van der Waals surface area contributed by atoms with Gasteiger partial charge in [-0.1, -0.05) is 54.6 Å². The van der Waals surface area contributed by atoms with Crippen LogP contribution in [0.3, 0.4) is 0 Å². The molecule has 3 aromatic carbocycles. The molecule has 138 valence electrons. The van der Waals surface area contributed by atoms with Crippen molar-refractivity contribution in [2.75, 3.05) is 0 Å². The van der Waals surface area contributed by atoms with Crippen molar-refractivity contribution < 1.29 is 4.79 Å². The molecule has 0 aromatic heterocycles. The minimum atomic E-state index is -1.19. The molecule has 0 aliphatic carbocycles. The van der Waals surface area contributed by atoms with Gasteiger partial charge in [0.1, 0.15) is 0 Å². The zero-order valence-corrected chi connectivity index (χ0v) is 15.6. The summed E-state index contributed by atoms with van der Waals surface area (Å²) in [5.74, 6) is -0.230. The van der Waals surface area contributed by atoms with E-state index >= 15 is 0 Å². The molecule has 0 bridgehead atoms. The van der Waals surface area contributed by atoms with Crippen molar-refractivity contribution in [3.8, 4) is 12.1 Å². The molecule has 3 aromatic rings. The first-order chi connectivity index (χ1) is 14.2. The number of rotatable bonds is 3. The summed E-state index contributed by atoms with van der Waals surface area (Å²) < 4.78 is 0. The molecule has 1 amide bonds. The Morgan fingerprint density at radius 3 is 2.28 bits per heavy atom. The second-order valence-electron chi connectivity index (χ2n) is 6.90. The van der Waals surface area contributed by atoms with Crippen LogP contribution in [0.25, 0.3) is 6.08 Å². The number of nitriles is 2. The Morgan fingerprint density at radius 2 is 1.59 bits per heavy atom. The predicted octanol–water partition coefficient (Wildman–Crippen LogP) is 4.65. The molecule has 0 spiro atoms. The minimum Gasteiger partial charge on any atom is -0.291 e. The van der Waals surface area contributed by atoms with E-state index in [0.29, 0.717) is 17.5 Å². The van der Waals surface area contributed by atoms with Crippen molar-refractivity contribution >= 4 is 12.0 Å². The lowest BCUT2D eigenvalue weighted by Crippen LogP contribution is -2.49. The largest absolute Gasteiger partial charge is 0.291 e. The molecule has 4 heteroatoms. The van der Waals surface area contributed by atoms with Crippen molar-refractivity contribution in [3.63, 3.8) is 0 Å². The van der Waals surface area contributed by atoms with Gasteiger partial charge in [0.25, 0.3) is 5.91 Å². The van der Waals surface area contributed by atoms with E-state index in [1.807, 2.05) is 60.7 Å². The lowest BCUT2D eigenvalue weighted by Gasteiger charge is -2.40. The summed E-state index contributed by atoms with van der Waals surface area (Å²) in [7, 11) is 0. The lowest BCUT2D eigenvalue weighted by molar-refractivity contribution is 0.0697. The van der Waals surface area contributed by atoms with E-state index in [4.69, 9.17) is 5.26 Å². The van der Waals surface area contributed by atoms with Crippen molar-refractivity contribution in [2.24, 2.45) is 0 Å². The fourth-order valence-electron chi connectivity index (χ4n) is 3.72. The van der Waals surface area contributed by atoms with E-state index in [-0.39, 0.29) is 5.91 Å². The Kier molecular flexibility index (Phi) is 4.69. The Hall–Kier alpha value is -4.15. The lowest BCUT2D eigenvalue weighted by atomic mass is 9.78. The van der Waals surface area contributed by atoms with Crippen LogP contribution >= 0.6 is 0 Å². The molecular formula is C25H17N3O. The molecule has 1 unspecified atom stereocenters. The molecule has 1 atom stereocenters. The standard InChI is InChI=1S/C25H17N3O/c26-17-20-12-10-19(11-13-20)16-25(18-27)23-9-5-4-6-21(23)14-15-28(25)24(29)22-7-2-1-3-8-22/h1-15H,16H2. The van der Waals surface area contributed by atoms with Gasteiger partial charge in [0, 0.05) is 18.2 Å². The van der Waals surface area contributed by atoms with E-state index in [1.165, 1.54) is 4.90 Å². The van der Waals surface area contributed by atoms with Crippen LogP contribution in [-0.4, -0.2) is 10.8 Å². The maximum atomic E-state index is 13.4. The smallest absolute Gasteiger partial charge is 0.259 e. The second-order valence-corrected chi connectivity index (χ2v) is 6.90. The van der Waals surface area contributed by atoms with E-state index in [1.54, 1.807) is 30.5 Å². The zero-order chi connectivity index (χ0) is 20.3. The van der Waals surface area contributed by atoms with Crippen LogP contribution in [0.15, 0.2) is 85.1 Å². The number of amides is 1. The normalized spacial score (nSPS) is 17.1. The number of carbonyl (C=O) groups is 1. The fraction of sp³-hybridized carbons (Fsp3) is 0.0800. The molecule has 0 fully saturated rings. The van der Waals surface area contributed by atoms with Gasteiger partial charge in [-0.05, 0) is 47.0 Å². The average Bonchev–Trinajstić information content (AvgIpc) is 2.80. The van der Waals surface area contributed by atoms with Crippen molar-refractivity contribution in [3.05, 3.63) is 113 Å². The summed E-state index contributed by atoms with van der Waals surface area (Å²) in [6.07, 6.45) is 3.88. The summed E-state index contributed by atoms with van der Waals surface area (Å²) in [6, 6.07) is 28.3. The number of carbonyl (C=O) groups excluding carboxylic acids is 1. The van der Waals surface area contributed by atoms with E-state index in [2.05, 4.69) is 12.1 Å². The van der Waals surface area contributed by atoms with Crippen molar-refractivity contribution in [1.29, 1.82) is 10.5 Å².